The van der Waals surface area contributed by atoms with Crippen molar-refractivity contribution in [1.29, 1.82) is 5.26 Å². The first-order chi connectivity index (χ1) is 19.2. The second-order valence-corrected chi connectivity index (χ2v) is 11.8. The van der Waals surface area contributed by atoms with Gasteiger partial charge in [-0.25, -0.2) is 0 Å². The number of hydrogen-bond acceptors (Lipinski definition) is 6. The summed E-state index contributed by atoms with van der Waals surface area (Å²) in [5.74, 6) is 1.17. The van der Waals surface area contributed by atoms with E-state index in [1.54, 1.807) is 17.4 Å². The maximum atomic E-state index is 10.2. The molecule has 0 saturated carbocycles. The number of ether oxygens (including phenoxy) is 1. The van der Waals surface area contributed by atoms with E-state index < -0.39 is 0 Å². The number of hydrogen-bond donors (Lipinski definition) is 1. The van der Waals surface area contributed by atoms with Gasteiger partial charge in [-0.15, -0.1) is 11.3 Å². The maximum absolute atomic E-state index is 10.2. The third-order valence-electron chi connectivity index (χ3n) is 8.04. The SMILES string of the molecule is N#Cc1cc(Cc2c(-c3ccc(OCCN4CCCC4)cc3)sc3cc(O)ccc23)ccc1CN1CCCC1. The van der Waals surface area contributed by atoms with E-state index in [9.17, 15) is 10.4 Å². The molecule has 0 atom stereocenters. The lowest BCUT2D eigenvalue weighted by Crippen LogP contribution is -2.25. The number of thiophene rings is 1. The number of aromatic hydroxyl groups is 1. The lowest BCUT2D eigenvalue weighted by Gasteiger charge is -2.16. The Morgan fingerprint density at radius 3 is 2.36 bits per heavy atom. The summed E-state index contributed by atoms with van der Waals surface area (Å²) in [5.41, 5.74) is 5.39. The van der Waals surface area contributed by atoms with Crippen molar-refractivity contribution in [1.82, 2.24) is 9.80 Å². The first-order valence-corrected chi connectivity index (χ1v) is 14.9. The van der Waals surface area contributed by atoms with Crippen molar-refractivity contribution in [2.75, 3.05) is 39.3 Å². The predicted molar refractivity (Wildman–Crippen MR) is 159 cm³/mol. The molecule has 2 aliphatic rings. The van der Waals surface area contributed by atoms with Gasteiger partial charge >= 0.3 is 0 Å². The van der Waals surface area contributed by atoms with Crippen LogP contribution in [-0.4, -0.2) is 54.2 Å². The van der Waals surface area contributed by atoms with Crippen molar-refractivity contribution in [3.63, 3.8) is 0 Å². The van der Waals surface area contributed by atoms with Crippen LogP contribution in [0.4, 0.5) is 0 Å². The molecule has 0 bridgehead atoms. The minimum Gasteiger partial charge on any atom is -0.508 e. The van der Waals surface area contributed by atoms with E-state index in [1.165, 1.54) is 49.2 Å². The van der Waals surface area contributed by atoms with Crippen molar-refractivity contribution in [3.8, 4) is 28.0 Å². The second kappa shape index (κ2) is 11.8. The van der Waals surface area contributed by atoms with E-state index in [-0.39, 0.29) is 5.75 Å². The van der Waals surface area contributed by atoms with Gasteiger partial charge in [-0.1, -0.05) is 12.1 Å². The number of rotatable bonds is 9. The molecular formula is C33H35N3O2S. The van der Waals surface area contributed by atoms with Crippen LogP contribution in [0.1, 0.15) is 47.9 Å². The first-order valence-electron chi connectivity index (χ1n) is 14.1. The topological polar surface area (TPSA) is 59.7 Å². The van der Waals surface area contributed by atoms with Crippen molar-refractivity contribution in [2.45, 2.75) is 38.6 Å². The molecule has 6 heteroatoms. The van der Waals surface area contributed by atoms with Crippen LogP contribution in [0.3, 0.4) is 0 Å². The quantitative estimate of drug-likeness (QED) is 0.254. The normalized spacial score (nSPS) is 16.2. The molecule has 0 aliphatic carbocycles. The largest absolute Gasteiger partial charge is 0.508 e. The minimum absolute atomic E-state index is 0.279. The molecule has 2 aliphatic heterocycles. The Bertz CT molecular complexity index is 1480. The molecular weight excluding hydrogens is 502 g/mol. The smallest absolute Gasteiger partial charge is 0.119 e. The van der Waals surface area contributed by atoms with Crippen LogP contribution in [0.15, 0.2) is 60.7 Å². The minimum atomic E-state index is 0.279. The Hall–Kier alpha value is -3.37. The summed E-state index contributed by atoms with van der Waals surface area (Å²) in [5, 5.41) is 21.2. The molecule has 0 unspecified atom stereocenters. The zero-order chi connectivity index (χ0) is 26.6. The maximum Gasteiger partial charge on any atom is 0.119 e. The van der Waals surface area contributed by atoms with Crippen LogP contribution in [-0.2, 0) is 13.0 Å². The number of nitrogens with zero attached hydrogens (tertiary/aromatic N) is 3. The molecule has 2 fully saturated rings. The molecule has 2 saturated heterocycles. The second-order valence-electron chi connectivity index (χ2n) is 10.8. The van der Waals surface area contributed by atoms with Gasteiger partial charge in [0.15, 0.2) is 0 Å². The number of fused-ring (bicyclic) bond motifs is 1. The molecule has 3 aromatic carbocycles. The molecule has 6 rings (SSSR count). The van der Waals surface area contributed by atoms with Crippen LogP contribution in [0.5, 0.6) is 11.5 Å². The van der Waals surface area contributed by atoms with E-state index in [2.05, 4.69) is 58.3 Å². The molecule has 4 aromatic rings. The van der Waals surface area contributed by atoms with Gasteiger partial charge in [0.2, 0.25) is 0 Å². The van der Waals surface area contributed by atoms with Crippen LogP contribution < -0.4 is 4.74 Å². The standard InChI is InChI=1S/C33H35N3O2S/c34-22-27-19-24(5-6-26(27)23-36-15-3-4-16-36)20-31-30-12-9-28(37)21-32(30)39-33(31)25-7-10-29(11-8-25)38-18-17-35-13-1-2-14-35/h5-12,19,21,37H,1-4,13-18,20,23H2. The zero-order valence-corrected chi connectivity index (χ0v) is 23.2. The Morgan fingerprint density at radius 2 is 1.62 bits per heavy atom. The third-order valence-corrected chi connectivity index (χ3v) is 9.28. The van der Waals surface area contributed by atoms with Crippen molar-refractivity contribution in [3.05, 3.63) is 82.9 Å². The molecule has 3 heterocycles. The predicted octanol–water partition coefficient (Wildman–Crippen LogP) is 6.81. The summed E-state index contributed by atoms with van der Waals surface area (Å²) in [6.07, 6.45) is 5.81. The summed E-state index contributed by atoms with van der Waals surface area (Å²) >= 11 is 1.71. The molecule has 0 spiro atoms. The highest BCUT2D eigenvalue weighted by Gasteiger charge is 2.18. The lowest BCUT2D eigenvalue weighted by atomic mass is 9.96. The molecule has 200 valence electrons. The summed E-state index contributed by atoms with van der Waals surface area (Å²) in [6.45, 7) is 7.14. The third kappa shape index (κ3) is 5.96. The fourth-order valence-electron chi connectivity index (χ4n) is 5.91. The summed E-state index contributed by atoms with van der Waals surface area (Å²) in [7, 11) is 0. The van der Waals surface area contributed by atoms with E-state index in [0.29, 0.717) is 6.61 Å². The molecule has 1 N–H and O–H groups in total. The van der Waals surface area contributed by atoms with Crippen LogP contribution in [0.2, 0.25) is 0 Å². The van der Waals surface area contributed by atoms with Crippen molar-refractivity contribution in [2.24, 2.45) is 0 Å². The Morgan fingerprint density at radius 1 is 0.872 bits per heavy atom. The van der Waals surface area contributed by atoms with E-state index in [0.717, 1.165) is 70.7 Å². The molecule has 0 radical (unpaired) electrons. The van der Waals surface area contributed by atoms with Gasteiger partial charge in [0, 0.05) is 22.7 Å². The van der Waals surface area contributed by atoms with Gasteiger partial charge in [0.05, 0.1) is 11.6 Å². The molecule has 0 amide bonds. The lowest BCUT2D eigenvalue weighted by molar-refractivity contribution is 0.238. The number of phenols is 1. The Kier molecular flexibility index (Phi) is 7.83. The summed E-state index contributed by atoms with van der Waals surface area (Å²) in [4.78, 5) is 6.09. The number of benzene rings is 3. The van der Waals surface area contributed by atoms with E-state index in [4.69, 9.17) is 4.74 Å². The number of likely N-dealkylation sites (tertiary alicyclic amines) is 2. The monoisotopic (exact) mass is 537 g/mol. The van der Waals surface area contributed by atoms with Gasteiger partial charge in [0.25, 0.3) is 0 Å². The average Bonchev–Trinajstić information content (AvgIpc) is 3.72. The van der Waals surface area contributed by atoms with Gasteiger partial charge < -0.3 is 9.84 Å². The van der Waals surface area contributed by atoms with E-state index in [1.807, 2.05) is 12.1 Å². The van der Waals surface area contributed by atoms with Crippen LogP contribution in [0.25, 0.3) is 20.5 Å². The van der Waals surface area contributed by atoms with E-state index >= 15 is 0 Å². The highest BCUT2D eigenvalue weighted by molar-refractivity contribution is 7.22. The van der Waals surface area contributed by atoms with Gasteiger partial charge in [-0.3, -0.25) is 9.80 Å². The fourth-order valence-corrected chi connectivity index (χ4v) is 7.17. The van der Waals surface area contributed by atoms with Gasteiger partial charge in [-0.05, 0) is 134 Å². The molecule has 5 nitrogen and oxygen atoms in total. The zero-order valence-electron chi connectivity index (χ0n) is 22.4. The van der Waals surface area contributed by atoms with Gasteiger partial charge in [-0.2, -0.15) is 5.26 Å². The number of phenolic OH excluding ortho intramolecular Hbond substituents is 1. The first kappa shape index (κ1) is 25.9. The average molecular weight is 538 g/mol. The summed E-state index contributed by atoms with van der Waals surface area (Å²) < 4.78 is 7.10. The van der Waals surface area contributed by atoms with Crippen LogP contribution >= 0.6 is 11.3 Å². The Balaban J connectivity index is 1.25. The highest BCUT2D eigenvalue weighted by atomic mass is 32.1. The molecule has 39 heavy (non-hydrogen) atoms. The summed E-state index contributed by atoms with van der Waals surface area (Å²) in [6, 6.07) is 22.9. The van der Waals surface area contributed by atoms with Crippen molar-refractivity contribution >= 4 is 21.4 Å². The van der Waals surface area contributed by atoms with Crippen LogP contribution in [0, 0.1) is 11.3 Å². The van der Waals surface area contributed by atoms with Gasteiger partial charge in [0.1, 0.15) is 18.1 Å². The number of nitriles is 1. The fraction of sp³-hybridized carbons (Fsp3) is 0.364. The Labute approximate surface area is 234 Å². The van der Waals surface area contributed by atoms with Crippen molar-refractivity contribution < 1.29 is 9.84 Å². The molecule has 1 aromatic heterocycles. The highest BCUT2D eigenvalue weighted by Crippen LogP contribution is 2.41.